The Morgan fingerprint density at radius 2 is 2.24 bits per heavy atom. The Morgan fingerprint density at radius 3 is 2.82 bits per heavy atom. The van der Waals surface area contributed by atoms with E-state index in [1.807, 2.05) is 36.9 Å². The molecular weight excluding hydrogens is 254 g/mol. The summed E-state index contributed by atoms with van der Waals surface area (Å²) in [5.41, 5.74) is 8.81. The van der Waals surface area contributed by atoms with Crippen LogP contribution >= 0.6 is 23.4 Å². The van der Waals surface area contributed by atoms with Gasteiger partial charge in [-0.15, -0.1) is 11.8 Å². The first-order valence-electron chi connectivity index (χ1n) is 5.24. The van der Waals surface area contributed by atoms with E-state index < -0.39 is 0 Å². The van der Waals surface area contributed by atoms with E-state index in [1.165, 1.54) is 0 Å². The number of nitrogens with zero attached hydrogens (tertiary/aromatic N) is 2. The minimum Gasteiger partial charge on any atom is -0.398 e. The molecule has 0 unspecified atom stereocenters. The highest BCUT2D eigenvalue weighted by atomic mass is 35.5. The van der Waals surface area contributed by atoms with Crippen molar-refractivity contribution in [2.75, 3.05) is 5.73 Å². The lowest BCUT2D eigenvalue weighted by molar-refractivity contribution is 0.727. The molecule has 0 bridgehead atoms. The molecule has 2 N–H and O–H groups in total. The van der Waals surface area contributed by atoms with Gasteiger partial charge in [-0.3, -0.25) is 4.68 Å². The summed E-state index contributed by atoms with van der Waals surface area (Å²) >= 11 is 7.75. The zero-order chi connectivity index (χ0) is 12.4. The van der Waals surface area contributed by atoms with Gasteiger partial charge in [0, 0.05) is 29.1 Å². The highest BCUT2D eigenvalue weighted by molar-refractivity contribution is 7.98. The van der Waals surface area contributed by atoms with Crippen LogP contribution < -0.4 is 5.73 Å². The summed E-state index contributed by atoms with van der Waals surface area (Å²) in [6, 6.07) is 7.65. The highest BCUT2D eigenvalue weighted by Gasteiger charge is 2.08. The normalized spacial score (nSPS) is 10.8. The van der Waals surface area contributed by atoms with Crippen molar-refractivity contribution >= 4 is 29.1 Å². The molecular formula is C12H14ClN3S. The van der Waals surface area contributed by atoms with Gasteiger partial charge in [0.1, 0.15) is 0 Å². The summed E-state index contributed by atoms with van der Waals surface area (Å²) in [5, 5.41) is 5.01. The Labute approximate surface area is 110 Å². The molecule has 0 aliphatic rings. The Bertz CT molecular complexity index is 516. The van der Waals surface area contributed by atoms with Crippen LogP contribution in [0.3, 0.4) is 0 Å². The van der Waals surface area contributed by atoms with Gasteiger partial charge in [-0.25, -0.2) is 0 Å². The molecule has 2 aromatic rings. The zero-order valence-corrected chi connectivity index (χ0v) is 11.3. The van der Waals surface area contributed by atoms with E-state index in [2.05, 4.69) is 11.2 Å². The van der Waals surface area contributed by atoms with Crippen molar-refractivity contribution in [2.24, 2.45) is 7.05 Å². The van der Waals surface area contributed by atoms with Crippen molar-refractivity contribution in [3.63, 3.8) is 0 Å². The first kappa shape index (κ1) is 12.3. The molecule has 0 amide bonds. The number of benzene rings is 1. The molecule has 1 heterocycles. The second-order valence-corrected chi connectivity index (χ2v) is 5.24. The third-order valence-electron chi connectivity index (χ3n) is 2.46. The Kier molecular flexibility index (Phi) is 3.64. The molecule has 0 saturated carbocycles. The molecule has 0 saturated heterocycles. The van der Waals surface area contributed by atoms with Gasteiger partial charge in [0.25, 0.3) is 0 Å². The van der Waals surface area contributed by atoms with Crippen molar-refractivity contribution in [1.29, 1.82) is 0 Å². The zero-order valence-electron chi connectivity index (χ0n) is 9.77. The summed E-state index contributed by atoms with van der Waals surface area (Å²) in [6.45, 7) is 1.98. The number of thioether (sulfide) groups is 1. The molecule has 0 fully saturated rings. The maximum atomic E-state index is 6.12. The van der Waals surface area contributed by atoms with Crippen LogP contribution in [0.2, 0.25) is 5.02 Å². The number of rotatable bonds is 3. The third-order valence-corrected chi connectivity index (χ3v) is 4.07. The number of hydrogen-bond acceptors (Lipinski definition) is 3. The molecule has 1 aromatic carbocycles. The van der Waals surface area contributed by atoms with E-state index >= 15 is 0 Å². The van der Waals surface area contributed by atoms with Crippen LogP contribution in [0.4, 0.5) is 5.69 Å². The van der Waals surface area contributed by atoms with Gasteiger partial charge >= 0.3 is 0 Å². The predicted molar refractivity (Wildman–Crippen MR) is 73.4 cm³/mol. The van der Waals surface area contributed by atoms with Crippen LogP contribution in [-0.2, 0) is 12.8 Å². The Balaban J connectivity index is 2.15. The fraction of sp³-hybridized carbons (Fsp3) is 0.250. The van der Waals surface area contributed by atoms with Gasteiger partial charge in [-0.1, -0.05) is 17.7 Å². The summed E-state index contributed by atoms with van der Waals surface area (Å²) in [7, 11) is 1.94. The number of aromatic nitrogens is 2. The second-order valence-electron chi connectivity index (χ2n) is 3.85. The molecule has 3 nitrogen and oxygen atoms in total. The van der Waals surface area contributed by atoms with E-state index in [1.54, 1.807) is 11.8 Å². The Hall–Kier alpha value is -1.13. The topological polar surface area (TPSA) is 43.8 Å². The van der Waals surface area contributed by atoms with Crippen LogP contribution in [0, 0.1) is 6.92 Å². The largest absolute Gasteiger partial charge is 0.398 e. The monoisotopic (exact) mass is 267 g/mol. The first-order chi connectivity index (χ1) is 8.08. The first-order valence-corrected chi connectivity index (χ1v) is 6.60. The van der Waals surface area contributed by atoms with Gasteiger partial charge in [0.2, 0.25) is 0 Å². The van der Waals surface area contributed by atoms with E-state index in [0.717, 1.165) is 27.7 Å². The Morgan fingerprint density at radius 1 is 1.47 bits per heavy atom. The summed E-state index contributed by atoms with van der Waals surface area (Å²) < 4.78 is 1.88. The maximum absolute atomic E-state index is 6.12. The van der Waals surface area contributed by atoms with Gasteiger partial charge in [0.15, 0.2) is 0 Å². The van der Waals surface area contributed by atoms with Crippen molar-refractivity contribution in [3.05, 3.63) is 40.7 Å². The van der Waals surface area contributed by atoms with Crippen LogP contribution in [0.1, 0.15) is 11.4 Å². The molecule has 2 rings (SSSR count). The number of hydrogen-bond donors (Lipinski definition) is 1. The van der Waals surface area contributed by atoms with E-state index in [9.17, 15) is 0 Å². The smallest absolute Gasteiger partial charge is 0.0596 e. The third kappa shape index (κ3) is 2.76. The molecule has 0 spiro atoms. The number of anilines is 1. The molecule has 0 aliphatic carbocycles. The quantitative estimate of drug-likeness (QED) is 0.686. The molecule has 17 heavy (non-hydrogen) atoms. The SMILES string of the molecule is Cc1cc(CSc2c(N)cccc2Cl)n(C)n1. The van der Waals surface area contributed by atoms with Crippen molar-refractivity contribution in [1.82, 2.24) is 9.78 Å². The van der Waals surface area contributed by atoms with Gasteiger partial charge < -0.3 is 5.73 Å². The average molecular weight is 268 g/mol. The number of nitrogens with two attached hydrogens (primary N) is 1. The minimum atomic E-state index is 0.703. The van der Waals surface area contributed by atoms with Crippen LogP contribution in [-0.4, -0.2) is 9.78 Å². The lowest BCUT2D eigenvalue weighted by Gasteiger charge is -2.07. The highest BCUT2D eigenvalue weighted by Crippen LogP contribution is 2.34. The lowest BCUT2D eigenvalue weighted by atomic mass is 10.3. The molecule has 90 valence electrons. The van der Waals surface area contributed by atoms with Gasteiger partial charge in [-0.2, -0.15) is 5.10 Å². The van der Waals surface area contributed by atoms with Gasteiger partial charge in [0.05, 0.1) is 10.7 Å². The standard InChI is InChI=1S/C12H14ClN3S/c1-8-6-9(16(2)15-8)7-17-12-10(13)4-3-5-11(12)14/h3-6H,7,14H2,1-2H3. The van der Waals surface area contributed by atoms with E-state index in [4.69, 9.17) is 17.3 Å². The minimum absolute atomic E-state index is 0.703. The summed E-state index contributed by atoms with van der Waals surface area (Å²) in [4.78, 5) is 0.938. The number of nitrogen functional groups attached to an aromatic ring is 1. The van der Waals surface area contributed by atoms with Crippen LogP contribution in [0.5, 0.6) is 0 Å². The van der Waals surface area contributed by atoms with Crippen molar-refractivity contribution < 1.29 is 0 Å². The molecule has 5 heteroatoms. The predicted octanol–water partition coefficient (Wildman–Crippen LogP) is 3.26. The molecule has 0 radical (unpaired) electrons. The summed E-state index contributed by atoms with van der Waals surface area (Å²) in [6.07, 6.45) is 0. The van der Waals surface area contributed by atoms with Gasteiger partial charge in [-0.05, 0) is 25.1 Å². The molecule has 1 aromatic heterocycles. The van der Waals surface area contributed by atoms with E-state index in [-0.39, 0.29) is 0 Å². The molecule has 0 atom stereocenters. The van der Waals surface area contributed by atoms with E-state index in [0.29, 0.717) is 5.02 Å². The lowest BCUT2D eigenvalue weighted by Crippen LogP contribution is -1.97. The van der Waals surface area contributed by atoms with Crippen LogP contribution in [0.25, 0.3) is 0 Å². The number of aryl methyl sites for hydroxylation is 2. The number of halogens is 1. The van der Waals surface area contributed by atoms with Crippen molar-refractivity contribution in [3.8, 4) is 0 Å². The fourth-order valence-electron chi connectivity index (χ4n) is 1.62. The molecule has 0 aliphatic heterocycles. The second kappa shape index (κ2) is 5.02. The van der Waals surface area contributed by atoms with Crippen molar-refractivity contribution in [2.45, 2.75) is 17.6 Å². The van der Waals surface area contributed by atoms with Crippen LogP contribution in [0.15, 0.2) is 29.2 Å². The maximum Gasteiger partial charge on any atom is 0.0596 e. The summed E-state index contributed by atoms with van der Waals surface area (Å²) in [5.74, 6) is 0.811. The fourth-order valence-corrected chi connectivity index (χ4v) is 2.97. The average Bonchev–Trinajstić information content (AvgIpc) is 2.57.